The highest BCUT2D eigenvalue weighted by Gasteiger charge is 2.27. The first-order valence-corrected chi connectivity index (χ1v) is 7.31. The first-order chi connectivity index (χ1) is 9.22. The Labute approximate surface area is 121 Å². The van der Waals surface area contributed by atoms with Gasteiger partial charge < -0.3 is 4.90 Å². The zero-order chi connectivity index (χ0) is 13.2. The zero-order valence-electron chi connectivity index (χ0n) is 10.9. The van der Waals surface area contributed by atoms with Crippen molar-refractivity contribution in [2.24, 2.45) is 0 Å². The predicted octanol–water partition coefficient (Wildman–Crippen LogP) is 3.75. The molecule has 1 fully saturated rings. The van der Waals surface area contributed by atoms with E-state index in [1.807, 2.05) is 12.1 Å². The SMILES string of the molecule is CN(Cc1ccccc1)c1cc(Br)nc(C2CC2)n1. The second-order valence-corrected chi connectivity index (χ2v) is 5.84. The maximum Gasteiger partial charge on any atom is 0.135 e. The minimum Gasteiger partial charge on any atom is -0.355 e. The third-order valence-corrected chi connectivity index (χ3v) is 3.70. The lowest BCUT2D eigenvalue weighted by atomic mass is 10.2. The Bertz CT molecular complexity index is 567. The van der Waals surface area contributed by atoms with Gasteiger partial charge in [-0.2, -0.15) is 0 Å². The summed E-state index contributed by atoms with van der Waals surface area (Å²) in [4.78, 5) is 11.3. The van der Waals surface area contributed by atoms with Crippen LogP contribution in [0.4, 0.5) is 5.82 Å². The maximum absolute atomic E-state index is 4.68. The van der Waals surface area contributed by atoms with Gasteiger partial charge in [0.15, 0.2) is 0 Å². The first kappa shape index (κ1) is 12.6. The summed E-state index contributed by atoms with van der Waals surface area (Å²) in [6, 6.07) is 12.4. The molecule has 98 valence electrons. The highest BCUT2D eigenvalue weighted by atomic mass is 79.9. The molecule has 0 N–H and O–H groups in total. The number of hydrogen-bond acceptors (Lipinski definition) is 3. The second-order valence-electron chi connectivity index (χ2n) is 5.02. The number of hydrogen-bond donors (Lipinski definition) is 0. The molecule has 2 aromatic rings. The number of anilines is 1. The Morgan fingerprint density at radius 1 is 1.21 bits per heavy atom. The Morgan fingerprint density at radius 3 is 2.63 bits per heavy atom. The van der Waals surface area contributed by atoms with Crippen molar-refractivity contribution in [1.29, 1.82) is 0 Å². The van der Waals surface area contributed by atoms with E-state index in [1.165, 1.54) is 18.4 Å². The Morgan fingerprint density at radius 2 is 1.95 bits per heavy atom. The molecule has 0 amide bonds. The summed E-state index contributed by atoms with van der Waals surface area (Å²) in [5.74, 6) is 2.53. The van der Waals surface area contributed by atoms with E-state index in [1.54, 1.807) is 0 Å². The van der Waals surface area contributed by atoms with E-state index in [9.17, 15) is 0 Å². The molecule has 0 aliphatic heterocycles. The third-order valence-electron chi connectivity index (χ3n) is 3.29. The number of halogens is 1. The number of nitrogens with zero attached hydrogens (tertiary/aromatic N) is 3. The smallest absolute Gasteiger partial charge is 0.135 e. The van der Waals surface area contributed by atoms with Gasteiger partial charge in [-0.1, -0.05) is 30.3 Å². The number of benzene rings is 1. The van der Waals surface area contributed by atoms with Crippen LogP contribution >= 0.6 is 15.9 Å². The molecular weight excluding hydrogens is 302 g/mol. The lowest BCUT2D eigenvalue weighted by Crippen LogP contribution is -2.18. The molecule has 1 heterocycles. The van der Waals surface area contributed by atoms with Crippen LogP contribution in [0.5, 0.6) is 0 Å². The van der Waals surface area contributed by atoms with Crippen LogP contribution in [0.1, 0.15) is 30.1 Å². The van der Waals surface area contributed by atoms with Gasteiger partial charge in [-0.15, -0.1) is 0 Å². The Kier molecular flexibility index (Phi) is 3.51. The highest BCUT2D eigenvalue weighted by molar-refractivity contribution is 9.10. The minimum absolute atomic E-state index is 0.571. The molecule has 1 aromatic carbocycles. The van der Waals surface area contributed by atoms with Gasteiger partial charge in [-0.25, -0.2) is 9.97 Å². The summed E-state index contributed by atoms with van der Waals surface area (Å²) < 4.78 is 0.874. The van der Waals surface area contributed by atoms with E-state index in [4.69, 9.17) is 0 Å². The summed E-state index contributed by atoms with van der Waals surface area (Å²) >= 11 is 3.49. The third kappa shape index (κ3) is 3.13. The van der Waals surface area contributed by atoms with E-state index in [0.717, 1.165) is 22.8 Å². The quantitative estimate of drug-likeness (QED) is 0.804. The molecule has 3 rings (SSSR count). The van der Waals surface area contributed by atoms with Crippen LogP contribution in [0.3, 0.4) is 0 Å². The Balaban J connectivity index is 1.81. The van der Waals surface area contributed by atoms with Crippen molar-refractivity contribution in [3.63, 3.8) is 0 Å². The van der Waals surface area contributed by atoms with Crippen molar-refractivity contribution in [2.45, 2.75) is 25.3 Å². The van der Waals surface area contributed by atoms with Crippen molar-refractivity contribution >= 4 is 21.7 Å². The van der Waals surface area contributed by atoms with Gasteiger partial charge in [0.05, 0.1) is 0 Å². The first-order valence-electron chi connectivity index (χ1n) is 6.52. The molecule has 1 saturated carbocycles. The fourth-order valence-corrected chi connectivity index (χ4v) is 2.47. The molecule has 4 heteroatoms. The van der Waals surface area contributed by atoms with Crippen molar-refractivity contribution in [2.75, 3.05) is 11.9 Å². The largest absolute Gasteiger partial charge is 0.355 e. The fourth-order valence-electron chi connectivity index (χ4n) is 2.08. The minimum atomic E-state index is 0.571. The van der Waals surface area contributed by atoms with E-state index < -0.39 is 0 Å². The average Bonchev–Trinajstić information content (AvgIpc) is 3.23. The van der Waals surface area contributed by atoms with Crippen LogP contribution in [0.25, 0.3) is 0 Å². The zero-order valence-corrected chi connectivity index (χ0v) is 12.5. The maximum atomic E-state index is 4.68. The van der Waals surface area contributed by atoms with Gasteiger partial charge in [0, 0.05) is 25.6 Å². The van der Waals surface area contributed by atoms with Crippen LogP contribution in [0, 0.1) is 0 Å². The van der Waals surface area contributed by atoms with E-state index in [0.29, 0.717) is 5.92 Å². The molecule has 1 aliphatic rings. The monoisotopic (exact) mass is 317 g/mol. The average molecular weight is 318 g/mol. The van der Waals surface area contributed by atoms with Crippen molar-refractivity contribution < 1.29 is 0 Å². The standard InChI is InChI=1S/C15H16BrN3/c1-19(10-11-5-3-2-4-6-11)14-9-13(16)17-15(18-14)12-7-8-12/h2-6,9,12H,7-8,10H2,1H3. The van der Waals surface area contributed by atoms with Crippen LogP contribution in [-0.4, -0.2) is 17.0 Å². The van der Waals surface area contributed by atoms with Gasteiger partial charge in [0.2, 0.25) is 0 Å². The van der Waals surface area contributed by atoms with E-state index in [2.05, 4.69) is 62.1 Å². The summed E-state index contributed by atoms with van der Waals surface area (Å²) in [6.07, 6.45) is 2.44. The molecule has 0 atom stereocenters. The van der Waals surface area contributed by atoms with Gasteiger partial charge in [0.25, 0.3) is 0 Å². The summed E-state index contributed by atoms with van der Waals surface area (Å²) in [5, 5.41) is 0. The lowest BCUT2D eigenvalue weighted by Gasteiger charge is -2.19. The molecular formula is C15H16BrN3. The fraction of sp³-hybridized carbons (Fsp3) is 0.333. The van der Waals surface area contributed by atoms with Crippen LogP contribution in [0.15, 0.2) is 41.0 Å². The van der Waals surface area contributed by atoms with Crippen molar-refractivity contribution in [3.05, 3.63) is 52.4 Å². The van der Waals surface area contributed by atoms with Crippen molar-refractivity contribution in [1.82, 2.24) is 9.97 Å². The topological polar surface area (TPSA) is 29.0 Å². The van der Waals surface area contributed by atoms with E-state index >= 15 is 0 Å². The van der Waals surface area contributed by atoms with E-state index in [-0.39, 0.29) is 0 Å². The summed E-state index contributed by atoms with van der Waals surface area (Å²) in [5.41, 5.74) is 1.28. The molecule has 1 aliphatic carbocycles. The van der Waals surface area contributed by atoms with Crippen LogP contribution in [0.2, 0.25) is 0 Å². The molecule has 1 aromatic heterocycles. The molecule has 0 bridgehead atoms. The molecule has 0 radical (unpaired) electrons. The molecule has 0 saturated heterocycles. The normalized spacial score (nSPS) is 14.4. The summed E-state index contributed by atoms with van der Waals surface area (Å²) in [6.45, 7) is 0.856. The van der Waals surface area contributed by atoms with Crippen LogP contribution in [-0.2, 0) is 6.54 Å². The van der Waals surface area contributed by atoms with Gasteiger partial charge in [-0.3, -0.25) is 0 Å². The Hall–Kier alpha value is -1.42. The molecule has 0 unspecified atom stereocenters. The van der Waals surface area contributed by atoms with Gasteiger partial charge in [0.1, 0.15) is 16.2 Å². The van der Waals surface area contributed by atoms with Gasteiger partial charge in [-0.05, 0) is 34.3 Å². The van der Waals surface area contributed by atoms with Gasteiger partial charge >= 0.3 is 0 Å². The summed E-state index contributed by atoms with van der Waals surface area (Å²) in [7, 11) is 2.07. The highest BCUT2D eigenvalue weighted by Crippen LogP contribution is 2.39. The second kappa shape index (κ2) is 5.29. The molecule has 19 heavy (non-hydrogen) atoms. The number of rotatable bonds is 4. The molecule has 0 spiro atoms. The predicted molar refractivity (Wildman–Crippen MR) is 80.3 cm³/mol. The van der Waals surface area contributed by atoms with Crippen molar-refractivity contribution in [3.8, 4) is 0 Å². The molecule has 3 nitrogen and oxygen atoms in total. The van der Waals surface area contributed by atoms with Crippen LogP contribution < -0.4 is 4.90 Å². The number of aromatic nitrogens is 2. The lowest BCUT2D eigenvalue weighted by molar-refractivity contribution is 0.848.